The van der Waals surface area contributed by atoms with E-state index in [4.69, 9.17) is 10.00 Å². The van der Waals surface area contributed by atoms with Gasteiger partial charge in [-0.05, 0) is 13.3 Å². The molecule has 1 rings (SSSR count). The zero-order valence-electron chi connectivity index (χ0n) is 8.40. The van der Waals surface area contributed by atoms with Crippen LogP contribution in [0.4, 0.5) is 0 Å². The lowest BCUT2D eigenvalue weighted by molar-refractivity contribution is 0.200. The van der Waals surface area contributed by atoms with E-state index in [1.54, 1.807) is 0 Å². The van der Waals surface area contributed by atoms with Crippen molar-refractivity contribution in [2.75, 3.05) is 0 Å². The van der Waals surface area contributed by atoms with Gasteiger partial charge in [0.15, 0.2) is 5.69 Å². The summed E-state index contributed by atoms with van der Waals surface area (Å²) >= 11 is 0. The molecule has 0 fully saturated rings. The van der Waals surface area contributed by atoms with Gasteiger partial charge < -0.3 is 4.74 Å². The molecular weight excluding hydrogens is 178 g/mol. The quantitative estimate of drug-likeness (QED) is 0.729. The largest absolute Gasteiger partial charge is 0.474 e. The van der Waals surface area contributed by atoms with Gasteiger partial charge in [0.2, 0.25) is 5.88 Å². The Morgan fingerprint density at radius 2 is 2.29 bits per heavy atom. The molecule has 0 amide bonds. The minimum atomic E-state index is 0.141. The molecule has 0 aliphatic carbocycles. The van der Waals surface area contributed by atoms with Crippen molar-refractivity contribution in [3.63, 3.8) is 0 Å². The summed E-state index contributed by atoms with van der Waals surface area (Å²) in [6.07, 6.45) is 5.09. The van der Waals surface area contributed by atoms with Crippen LogP contribution in [0, 0.1) is 11.3 Å². The normalized spacial score (nSPS) is 11.8. The average molecular weight is 191 g/mol. The third-order valence-corrected chi connectivity index (χ3v) is 1.76. The van der Waals surface area contributed by atoms with Crippen LogP contribution in [-0.4, -0.2) is 16.1 Å². The van der Waals surface area contributed by atoms with E-state index < -0.39 is 0 Å². The molecule has 0 aliphatic rings. The lowest BCUT2D eigenvalue weighted by Gasteiger charge is -2.11. The van der Waals surface area contributed by atoms with Gasteiger partial charge in [0.1, 0.15) is 6.07 Å². The Bertz CT molecular complexity index is 315. The predicted molar refractivity (Wildman–Crippen MR) is 51.7 cm³/mol. The van der Waals surface area contributed by atoms with Gasteiger partial charge in [0.05, 0.1) is 18.5 Å². The number of rotatable bonds is 4. The van der Waals surface area contributed by atoms with Crippen molar-refractivity contribution in [3.8, 4) is 11.9 Å². The van der Waals surface area contributed by atoms with Gasteiger partial charge >= 0.3 is 0 Å². The molecule has 0 N–H and O–H groups in total. The Labute approximate surface area is 83.6 Å². The van der Waals surface area contributed by atoms with E-state index in [1.165, 1.54) is 12.4 Å². The summed E-state index contributed by atoms with van der Waals surface area (Å²) in [6, 6.07) is 1.90. The molecule has 0 aliphatic heterocycles. The maximum atomic E-state index is 8.50. The number of aromatic nitrogens is 2. The van der Waals surface area contributed by atoms with E-state index in [2.05, 4.69) is 16.9 Å². The van der Waals surface area contributed by atoms with Crippen LogP contribution in [0.25, 0.3) is 0 Å². The average Bonchev–Trinajstić information content (AvgIpc) is 2.19. The van der Waals surface area contributed by atoms with Crippen molar-refractivity contribution < 1.29 is 4.74 Å². The van der Waals surface area contributed by atoms with Crippen LogP contribution >= 0.6 is 0 Å². The highest BCUT2D eigenvalue weighted by atomic mass is 16.5. The first-order valence-corrected chi connectivity index (χ1v) is 4.65. The van der Waals surface area contributed by atoms with E-state index in [0.717, 1.165) is 12.8 Å². The number of hydrogen-bond acceptors (Lipinski definition) is 4. The zero-order chi connectivity index (χ0) is 10.4. The van der Waals surface area contributed by atoms with Crippen LogP contribution in [0.2, 0.25) is 0 Å². The van der Waals surface area contributed by atoms with Gasteiger partial charge in [0, 0.05) is 0 Å². The molecular formula is C10H13N3O. The topological polar surface area (TPSA) is 58.8 Å². The molecule has 74 valence electrons. The molecule has 0 radical (unpaired) electrons. The standard InChI is InChI=1S/C10H13N3O/c1-3-4-8(2)14-10-7-12-9(5-11)6-13-10/h6-8H,3-4H2,1-2H3. The summed E-state index contributed by atoms with van der Waals surface area (Å²) in [7, 11) is 0. The van der Waals surface area contributed by atoms with Gasteiger partial charge in [-0.3, -0.25) is 0 Å². The second kappa shape index (κ2) is 5.18. The predicted octanol–water partition coefficient (Wildman–Crippen LogP) is 1.92. The van der Waals surface area contributed by atoms with Crippen LogP contribution in [-0.2, 0) is 0 Å². The maximum Gasteiger partial charge on any atom is 0.232 e. The first-order valence-electron chi connectivity index (χ1n) is 4.65. The minimum Gasteiger partial charge on any atom is -0.474 e. The van der Waals surface area contributed by atoms with Crippen LogP contribution in [0.1, 0.15) is 32.4 Å². The Balaban J connectivity index is 2.56. The molecule has 0 bridgehead atoms. The van der Waals surface area contributed by atoms with Crippen molar-refractivity contribution in [2.24, 2.45) is 0 Å². The third-order valence-electron chi connectivity index (χ3n) is 1.76. The highest BCUT2D eigenvalue weighted by molar-refractivity contribution is 5.18. The van der Waals surface area contributed by atoms with Crippen LogP contribution in [0.5, 0.6) is 5.88 Å². The molecule has 1 heterocycles. The fraction of sp³-hybridized carbons (Fsp3) is 0.500. The Morgan fingerprint density at radius 3 is 2.79 bits per heavy atom. The fourth-order valence-electron chi connectivity index (χ4n) is 1.11. The van der Waals surface area contributed by atoms with E-state index in [-0.39, 0.29) is 6.10 Å². The third kappa shape index (κ3) is 3.02. The second-order valence-corrected chi connectivity index (χ2v) is 3.07. The zero-order valence-corrected chi connectivity index (χ0v) is 8.40. The summed E-state index contributed by atoms with van der Waals surface area (Å²) in [5, 5.41) is 8.50. The van der Waals surface area contributed by atoms with E-state index in [0.29, 0.717) is 11.6 Å². The number of ether oxygens (including phenoxy) is 1. The summed E-state index contributed by atoms with van der Waals surface area (Å²) in [6.45, 7) is 4.09. The molecule has 0 aromatic carbocycles. The molecule has 1 unspecified atom stereocenters. The smallest absolute Gasteiger partial charge is 0.232 e. The number of nitriles is 1. The molecule has 14 heavy (non-hydrogen) atoms. The van der Waals surface area contributed by atoms with Crippen LogP contribution in [0.3, 0.4) is 0 Å². The molecule has 1 aromatic heterocycles. The molecule has 1 atom stereocenters. The molecule has 4 heteroatoms. The van der Waals surface area contributed by atoms with Gasteiger partial charge in [-0.15, -0.1) is 0 Å². The summed E-state index contributed by atoms with van der Waals surface area (Å²) in [4.78, 5) is 7.83. The molecule has 0 saturated carbocycles. The summed E-state index contributed by atoms with van der Waals surface area (Å²) < 4.78 is 5.47. The first kappa shape index (κ1) is 10.5. The summed E-state index contributed by atoms with van der Waals surface area (Å²) in [5.74, 6) is 0.477. The molecule has 4 nitrogen and oxygen atoms in total. The maximum absolute atomic E-state index is 8.50. The van der Waals surface area contributed by atoms with E-state index in [9.17, 15) is 0 Å². The van der Waals surface area contributed by atoms with Gasteiger partial charge in [-0.2, -0.15) is 5.26 Å². The van der Waals surface area contributed by atoms with Gasteiger partial charge in [-0.25, -0.2) is 9.97 Å². The Kier molecular flexibility index (Phi) is 3.86. The van der Waals surface area contributed by atoms with E-state index in [1.807, 2.05) is 13.0 Å². The fourth-order valence-corrected chi connectivity index (χ4v) is 1.11. The first-order chi connectivity index (χ1) is 6.76. The lowest BCUT2D eigenvalue weighted by Crippen LogP contribution is -2.12. The Hall–Kier alpha value is -1.63. The van der Waals surface area contributed by atoms with Crippen LogP contribution in [0.15, 0.2) is 12.4 Å². The minimum absolute atomic E-state index is 0.141. The number of hydrogen-bond donors (Lipinski definition) is 0. The molecule has 0 spiro atoms. The lowest BCUT2D eigenvalue weighted by atomic mass is 10.2. The Morgan fingerprint density at radius 1 is 1.50 bits per heavy atom. The van der Waals surface area contributed by atoms with Crippen molar-refractivity contribution in [2.45, 2.75) is 32.8 Å². The van der Waals surface area contributed by atoms with E-state index >= 15 is 0 Å². The highest BCUT2D eigenvalue weighted by Gasteiger charge is 2.03. The van der Waals surface area contributed by atoms with Gasteiger partial charge in [-0.1, -0.05) is 13.3 Å². The number of nitrogens with zero attached hydrogens (tertiary/aromatic N) is 3. The van der Waals surface area contributed by atoms with Crippen molar-refractivity contribution in [1.82, 2.24) is 9.97 Å². The van der Waals surface area contributed by atoms with Crippen molar-refractivity contribution >= 4 is 0 Å². The SMILES string of the molecule is CCCC(C)Oc1cnc(C#N)cn1. The summed E-state index contributed by atoms with van der Waals surface area (Å²) in [5.41, 5.74) is 0.306. The second-order valence-electron chi connectivity index (χ2n) is 3.07. The van der Waals surface area contributed by atoms with Crippen molar-refractivity contribution in [1.29, 1.82) is 5.26 Å². The molecule has 1 aromatic rings. The monoisotopic (exact) mass is 191 g/mol. The van der Waals surface area contributed by atoms with Gasteiger partial charge in [0.25, 0.3) is 0 Å². The molecule has 0 saturated heterocycles. The van der Waals surface area contributed by atoms with Crippen LogP contribution < -0.4 is 4.74 Å². The highest BCUT2D eigenvalue weighted by Crippen LogP contribution is 2.09. The van der Waals surface area contributed by atoms with Crippen molar-refractivity contribution in [3.05, 3.63) is 18.1 Å².